The molecule has 1 aliphatic carbocycles. The van der Waals surface area contributed by atoms with Crippen LogP contribution in [0.2, 0.25) is 0 Å². The van der Waals surface area contributed by atoms with Crippen LogP contribution >= 0.6 is 0 Å². The molecule has 0 aromatic heterocycles. The Morgan fingerprint density at radius 3 is 2.12 bits per heavy atom. The van der Waals surface area contributed by atoms with Gasteiger partial charge in [0.1, 0.15) is 17.7 Å². The second-order valence-electron chi connectivity index (χ2n) is 11.2. The summed E-state index contributed by atoms with van der Waals surface area (Å²) in [6, 6.07) is 4.25. The third kappa shape index (κ3) is 8.03. The smallest absolute Gasteiger partial charge is 0.408 e. The summed E-state index contributed by atoms with van der Waals surface area (Å²) >= 11 is 0. The number of carbonyl (C=O) groups is 3. The van der Waals surface area contributed by atoms with E-state index in [1.807, 2.05) is 59.7 Å². The monoisotopic (exact) mass is 473 g/mol. The minimum Gasteiger partial charge on any atom is -0.444 e. The zero-order chi connectivity index (χ0) is 25.8. The number of nitrogens with zero attached hydrogens (tertiary/aromatic N) is 1. The lowest BCUT2D eigenvalue weighted by Crippen LogP contribution is -2.54. The minimum absolute atomic E-state index is 0.0351. The number of hydrogen-bond acceptors (Lipinski definition) is 4. The van der Waals surface area contributed by atoms with Gasteiger partial charge in [0.05, 0.1) is 0 Å². The molecular weight excluding hydrogens is 430 g/mol. The molecule has 2 N–H and O–H groups in total. The topological polar surface area (TPSA) is 87.7 Å². The van der Waals surface area contributed by atoms with E-state index in [4.69, 9.17) is 4.74 Å². The summed E-state index contributed by atoms with van der Waals surface area (Å²) in [4.78, 5) is 41.7. The molecule has 0 heterocycles. The van der Waals surface area contributed by atoms with Gasteiger partial charge in [-0.05, 0) is 90.3 Å². The van der Waals surface area contributed by atoms with Gasteiger partial charge >= 0.3 is 6.09 Å². The Hall–Kier alpha value is -2.57. The Morgan fingerprint density at radius 1 is 1.03 bits per heavy atom. The Labute approximate surface area is 205 Å². The third-order valence-corrected chi connectivity index (χ3v) is 5.70. The number of hydrogen-bond donors (Lipinski definition) is 2. The standard InChI is InChI=1S/C27H43N3O4/c1-16(2)14-22(29-26(33)34-27(7,8)9)25(32)30(21-12-13-21)23(24(31)28-17(3)4)20-11-10-18(5)19(6)15-20/h10-11,15-17,21-23H,12-14H2,1-9H3,(H,28,31)(H,29,33). The predicted octanol–water partition coefficient (Wildman–Crippen LogP) is 4.80. The summed E-state index contributed by atoms with van der Waals surface area (Å²) in [7, 11) is 0. The fourth-order valence-electron chi connectivity index (χ4n) is 3.93. The molecule has 3 amide bonds. The maximum absolute atomic E-state index is 14.0. The van der Waals surface area contributed by atoms with Crippen LogP contribution in [-0.2, 0) is 14.3 Å². The molecule has 1 saturated carbocycles. The molecule has 2 rings (SSSR count). The summed E-state index contributed by atoms with van der Waals surface area (Å²) in [5, 5.41) is 5.79. The van der Waals surface area contributed by atoms with E-state index < -0.39 is 23.8 Å². The van der Waals surface area contributed by atoms with Crippen LogP contribution in [0.25, 0.3) is 0 Å². The molecule has 0 aliphatic heterocycles. The summed E-state index contributed by atoms with van der Waals surface area (Å²) in [6.07, 6.45) is 1.50. The molecule has 0 spiro atoms. The normalized spacial score (nSPS) is 15.6. The summed E-state index contributed by atoms with van der Waals surface area (Å²) < 4.78 is 5.43. The molecule has 1 aromatic rings. The van der Waals surface area contributed by atoms with Gasteiger partial charge in [-0.3, -0.25) is 9.59 Å². The van der Waals surface area contributed by atoms with E-state index in [0.29, 0.717) is 6.42 Å². The maximum Gasteiger partial charge on any atom is 0.408 e. The van der Waals surface area contributed by atoms with Gasteiger partial charge in [-0.2, -0.15) is 0 Å². The minimum atomic E-state index is -0.781. The van der Waals surface area contributed by atoms with E-state index >= 15 is 0 Å². The zero-order valence-corrected chi connectivity index (χ0v) is 22.3. The van der Waals surface area contributed by atoms with Crippen molar-refractivity contribution in [1.82, 2.24) is 15.5 Å². The molecule has 34 heavy (non-hydrogen) atoms. The van der Waals surface area contributed by atoms with Crippen LogP contribution in [0, 0.1) is 19.8 Å². The van der Waals surface area contributed by atoms with Crippen molar-refractivity contribution < 1.29 is 19.1 Å². The first kappa shape index (κ1) is 27.7. The number of benzene rings is 1. The highest BCUT2D eigenvalue weighted by Crippen LogP contribution is 2.36. The van der Waals surface area contributed by atoms with Crippen molar-refractivity contribution in [2.75, 3.05) is 0 Å². The Morgan fingerprint density at radius 2 is 1.65 bits per heavy atom. The molecule has 7 nitrogen and oxygen atoms in total. The lowest BCUT2D eigenvalue weighted by molar-refractivity contribution is -0.143. The van der Waals surface area contributed by atoms with E-state index in [-0.39, 0.29) is 29.8 Å². The van der Waals surface area contributed by atoms with E-state index in [1.54, 1.807) is 25.7 Å². The van der Waals surface area contributed by atoms with Crippen molar-refractivity contribution in [3.63, 3.8) is 0 Å². The average Bonchev–Trinajstić information content (AvgIpc) is 3.49. The fraction of sp³-hybridized carbons (Fsp3) is 0.667. The van der Waals surface area contributed by atoms with Crippen LogP contribution in [0.3, 0.4) is 0 Å². The molecule has 0 radical (unpaired) electrons. The van der Waals surface area contributed by atoms with Crippen molar-refractivity contribution in [3.05, 3.63) is 34.9 Å². The van der Waals surface area contributed by atoms with Crippen LogP contribution in [-0.4, -0.2) is 46.5 Å². The van der Waals surface area contributed by atoms with Crippen molar-refractivity contribution in [2.45, 2.75) is 111 Å². The number of amides is 3. The molecule has 0 bridgehead atoms. The molecule has 1 fully saturated rings. The first-order chi connectivity index (χ1) is 15.7. The molecule has 1 aromatic carbocycles. The Balaban J connectivity index is 2.46. The van der Waals surface area contributed by atoms with Crippen molar-refractivity contribution in [1.29, 1.82) is 0 Å². The number of ether oxygens (including phenoxy) is 1. The first-order valence-electron chi connectivity index (χ1n) is 12.4. The number of alkyl carbamates (subject to hydrolysis) is 1. The van der Waals surface area contributed by atoms with Crippen LogP contribution in [0.4, 0.5) is 4.79 Å². The van der Waals surface area contributed by atoms with Gasteiger partial charge in [-0.1, -0.05) is 32.0 Å². The molecule has 1 aliphatic rings. The van der Waals surface area contributed by atoms with E-state index in [2.05, 4.69) is 10.6 Å². The fourth-order valence-corrected chi connectivity index (χ4v) is 3.93. The number of nitrogens with one attached hydrogen (secondary N) is 2. The maximum atomic E-state index is 14.0. The molecule has 190 valence electrons. The van der Waals surface area contributed by atoms with E-state index in [0.717, 1.165) is 29.5 Å². The molecule has 2 unspecified atom stereocenters. The second kappa shape index (κ2) is 11.2. The zero-order valence-electron chi connectivity index (χ0n) is 22.3. The summed E-state index contributed by atoms with van der Waals surface area (Å²) in [6.45, 7) is 17.2. The van der Waals surface area contributed by atoms with Gasteiger partial charge in [0.25, 0.3) is 0 Å². The van der Waals surface area contributed by atoms with Gasteiger partial charge < -0.3 is 20.3 Å². The Bertz CT molecular complexity index is 884. The van der Waals surface area contributed by atoms with Gasteiger partial charge in [-0.25, -0.2) is 4.79 Å². The molecule has 7 heteroatoms. The van der Waals surface area contributed by atoms with Crippen molar-refractivity contribution in [2.24, 2.45) is 5.92 Å². The van der Waals surface area contributed by atoms with Gasteiger partial charge in [0.15, 0.2) is 0 Å². The van der Waals surface area contributed by atoms with Crippen LogP contribution < -0.4 is 10.6 Å². The summed E-state index contributed by atoms with van der Waals surface area (Å²) in [5.41, 5.74) is 2.29. The highest BCUT2D eigenvalue weighted by Gasteiger charge is 2.44. The van der Waals surface area contributed by atoms with E-state index in [1.165, 1.54) is 0 Å². The van der Waals surface area contributed by atoms with Crippen LogP contribution in [0.15, 0.2) is 18.2 Å². The van der Waals surface area contributed by atoms with Crippen molar-refractivity contribution in [3.8, 4) is 0 Å². The highest BCUT2D eigenvalue weighted by molar-refractivity contribution is 5.92. The molecule has 0 saturated heterocycles. The SMILES string of the molecule is Cc1ccc(C(C(=O)NC(C)C)N(C(=O)C(CC(C)C)NC(=O)OC(C)(C)C)C2CC2)cc1C. The van der Waals surface area contributed by atoms with Crippen LogP contribution in [0.1, 0.15) is 90.5 Å². The molecular formula is C27H43N3O4. The first-order valence-corrected chi connectivity index (χ1v) is 12.4. The van der Waals surface area contributed by atoms with Gasteiger partial charge in [-0.15, -0.1) is 0 Å². The number of rotatable bonds is 9. The largest absolute Gasteiger partial charge is 0.444 e. The van der Waals surface area contributed by atoms with Gasteiger partial charge in [0.2, 0.25) is 11.8 Å². The second-order valence-corrected chi connectivity index (χ2v) is 11.2. The lowest BCUT2D eigenvalue weighted by atomic mass is 9.96. The van der Waals surface area contributed by atoms with E-state index in [9.17, 15) is 14.4 Å². The number of carbonyl (C=O) groups excluding carboxylic acids is 3. The lowest BCUT2D eigenvalue weighted by Gasteiger charge is -2.35. The summed E-state index contributed by atoms with van der Waals surface area (Å²) in [5.74, 6) is -0.294. The number of aryl methyl sites for hydroxylation is 2. The quantitative estimate of drug-likeness (QED) is 0.539. The van der Waals surface area contributed by atoms with Gasteiger partial charge in [0, 0.05) is 12.1 Å². The van der Waals surface area contributed by atoms with Crippen LogP contribution in [0.5, 0.6) is 0 Å². The average molecular weight is 474 g/mol. The molecule has 2 atom stereocenters. The predicted molar refractivity (Wildman–Crippen MR) is 134 cm³/mol. The van der Waals surface area contributed by atoms with Crippen molar-refractivity contribution >= 4 is 17.9 Å². The highest BCUT2D eigenvalue weighted by atomic mass is 16.6. The Kier molecular flexibility index (Phi) is 9.15. The third-order valence-electron chi connectivity index (χ3n) is 5.70.